The Kier molecular flexibility index (Phi) is 4.16. The molecule has 0 bridgehead atoms. The molecule has 3 N–H and O–H groups in total. The van der Waals surface area contributed by atoms with Gasteiger partial charge < -0.3 is 15.6 Å². The zero-order valence-corrected chi connectivity index (χ0v) is 14.1. The fourth-order valence-electron chi connectivity index (χ4n) is 2.59. The van der Waals surface area contributed by atoms with Crippen LogP contribution in [0.4, 0.5) is 5.69 Å². The second-order valence-corrected chi connectivity index (χ2v) is 5.74. The van der Waals surface area contributed by atoms with Gasteiger partial charge in [0.15, 0.2) is 11.2 Å². The molecular weight excluding hydrogens is 340 g/mol. The van der Waals surface area contributed by atoms with Crippen LogP contribution in [0.2, 0.25) is 0 Å². The van der Waals surface area contributed by atoms with Gasteiger partial charge in [-0.1, -0.05) is 0 Å². The summed E-state index contributed by atoms with van der Waals surface area (Å²) in [6.07, 6.45) is 1.33. The molecule has 0 aliphatic rings. The van der Waals surface area contributed by atoms with Gasteiger partial charge in [0.05, 0.1) is 6.33 Å². The summed E-state index contributed by atoms with van der Waals surface area (Å²) in [5.41, 5.74) is 5.31. The maximum absolute atomic E-state index is 12.3. The SMILES string of the molecule is Cn1c(=O)c2c(ncn2CC(=O)Nc2ccc(C(N)=O)cc2)n(C)c1=O. The van der Waals surface area contributed by atoms with Gasteiger partial charge in [-0.15, -0.1) is 0 Å². The van der Waals surface area contributed by atoms with Gasteiger partial charge in [-0.25, -0.2) is 9.78 Å². The molecule has 3 rings (SSSR count). The minimum atomic E-state index is -0.561. The first kappa shape index (κ1) is 17.1. The number of rotatable bonds is 4. The highest BCUT2D eigenvalue weighted by atomic mass is 16.2. The molecule has 2 aromatic heterocycles. The molecule has 2 amide bonds. The normalized spacial score (nSPS) is 10.8. The predicted octanol–water partition coefficient (Wildman–Crippen LogP) is -0.829. The Hall–Kier alpha value is -3.69. The zero-order chi connectivity index (χ0) is 19.0. The number of aryl methyl sites for hydroxylation is 1. The summed E-state index contributed by atoms with van der Waals surface area (Å²) >= 11 is 0. The molecule has 2 heterocycles. The van der Waals surface area contributed by atoms with E-state index in [1.165, 1.54) is 41.7 Å². The average Bonchev–Trinajstić information content (AvgIpc) is 3.02. The lowest BCUT2D eigenvalue weighted by Crippen LogP contribution is -2.37. The summed E-state index contributed by atoms with van der Waals surface area (Å²) in [6.45, 7) is -0.165. The van der Waals surface area contributed by atoms with E-state index in [4.69, 9.17) is 5.73 Å². The number of carbonyl (C=O) groups excluding carboxylic acids is 2. The first-order chi connectivity index (χ1) is 12.3. The van der Waals surface area contributed by atoms with Crippen molar-refractivity contribution in [3.05, 3.63) is 57.0 Å². The van der Waals surface area contributed by atoms with E-state index in [2.05, 4.69) is 10.3 Å². The lowest BCUT2D eigenvalue weighted by Gasteiger charge is -2.08. The monoisotopic (exact) mass is 356 g/mol. The Morgan fingerprint density at radius 2 is 1.77 bits per heavy atom. The Balaban J connectivity index is 1.87. The number of nitrogens with one attached hydrogen (secondary N) is 1. The summed E-state index contributed by atoms with van der Waals surface area (Å²) in [5.74, 6) is -0.957. The second-order valence-electron chi connectivity index (χ2n) is 5.74. The highest BCUT2D eigenvalue weighted by Gasteiger charge is 2.16. The van der Waals surface area contributed by atoms with Crippen molar-refractivity contribution in [2.45, 2.75) is 6.54 Å². The van der Waals surface area contributed by atoms with Crippen molar-refractivity contribution in [1.82, 2.24) is 18.7 Å². The number of carbonyl (C=O) groups is 2. The summed E-state index contributed by atoms with van der Waals surface area (Å²) in [4.78, 5) is 51.6. The topological polar surface area (TPSA) is 134 Å². The molecule has 26 heavy (non-hydrogen) atoms. The van der Waals surface area contributed by atoms with E-state index >= 15 is 0 Å². The van der Waals surface area contributed by atoms with E-state index in [1.807, 2.05) is 0 Å². The van der Waals surface area contributed by atoms with Crippen LogP contribution in [0.3, 0.4) is 0 Å². The quantitative estimate of drug-likeness (QED) is 0.629. The highest BCUT2D eigenvalue weighted by Crippen LogP contribution is 2.10. The first-order valence-electron chi connectivity index (χ1n) is 7.60. The van der Waals surface area contributed by atoms with Crippen LogP contribution < -0.4 is 22.3 Å². The molecule has 3 aromatic rings. The molecule has 0 saturated heterocycles. The van der Waals surface area contributed by atoms with E-state index < -0.39 is 23.1 Å². The van der Waals surface area contributed by atoms with Gasteiger partial charge in [0.2, 0.25) is 11.8 Å². The smallest absolute Gasteiger partial charge is 0.332 e. The van der Waals surface area contributed by atoms with Crippen LogP contribution in [0.25, 0.3) is 11.2 Å². The number of aromatic nitrogens is 4. The minimum Gasteiger partial charge on any atom is -0.366 e. The van der Waals surface area contributed by atoms with Crippen LogP contribution in [0, 0.1) is 0 Å². The number of fused-ring (bicyclic) bond motifs is 1. The van der Waals surface area contributed by atoms with E-state index in [9.17, 15) is 19.2 Å². The lowest BCUT2D eigenvalue weighted by atomic mass is 10.2. The van der Waals surface area contributed by atoms with Crippen molar-refractivity contribution in [2.24, 2.45) is 19.8 Å². The number of imidazole rings is 1. The zero-order valence-electron chi connectivity index (χ0n) is 14.1. The summed E-state index contributed by atoms with van der Waals surface area (Å²) in [7, 11) is 2.86. The Bertz CT molecular complexity index is 1140. The number of anilines is 1. The van der Waals surface area contributed by atoms with Crippen LogP contribution in [-0.4, -0.2) is 30.5 Å². The Morgan fingerprint density at radius 1 is 1.12 bits per heavy atom. The number of nitrogens with zero attached hydrogens (tertiary/aromatic N) is 4. The van der Waals surface area contributed by atoms with Crippen molar-refractivity contribution < 1.29 is 9.59 Å². The molecule has 1 aromatic carbocycles. The summed E-state index contributed by atoms with van der Waals surface area (Å²) in [6, 6.07) is 6.09. The molecule has 10 nitrogen and oxygen atoms in total. The van der Waals surface area contributed by atoms with Crippen LogP contribution >= 0.6 is 0 Å². The molecule has 0 radical (unpaired) electrons. The second kappa shape index (κ2) is 6.31. The minimum absolute atomic E-state index is 0.161. The van der Waals surface area contributed by atoms with E-state index in [1.54, 1.807) is 12.1 Å². The van der Waals surface area contributed by atoms with Gasteiger partial charge in [0.1, 0.15) is 6.54 Å². The van der Waals surface area contributed by atoms with Gasteiger partial charge in [-0.2, -0.15) is 0 Å². The van der Waals surface area contributed by atoms with E-state index in [0.717, 1.165) is 4.57 Å². The molecule has 0 spiro atoms. The molecule has 134 valence electrons. The van der Waals surface area contributed by atoms with Crippen molar-refractivity contribution in [3.63, 3.8) is 0 Å². The number of benzene rings is 1. The number of amides is 2. The third kappa shape index (κ3) is 2.88. The average molecular weight is 356 g/mol. The van der Waals surface area contributed by atoms with E-state index in [0.29, 0.717) is 11.3 Å². The largest absolute Gasteiger partial charge is 0.366 e. The Morgan fingerprint density at radius 3 is 2.38 bits per heavy atom. The van der Waals surface area contributed by atoms with Gasteiger partial charge in [0.25, 0.3) is 5.56 Å². The third-order valence-electron chi connectivity index (χ3n) is 3.98. The molecule has 10 heteroatoms. The van der Waals surface area contributed by atoms with E-state index in [-0.39, 0.29) is 17.7 Å². The molecule has 0 aliphatic carbocycles. The maximum Gasteiger partial charge on any atom is 0.332 e. The number of nitrogens with two attached hydrogens (primary N) is 1. The standard InChI is InChI=1S/C16H16N6O4/c1-20-14-12(15(25)21(2)16(20)26)22(8-18-14)7-11(23)19-10-5-3-9(4-6-10)13(17)24/h3-6,8H,7H2,1-2H3,(H2,17,24)(H,19,23). The molecular formula is C16H16N6O4. The fraction of sp³-hybridized carbons (Fsp3) is 0.188. The number of hydrogen-bond donors (Lipinski definition) is 2. The molecule has 0 aliphatic heterocycles. The number of hydrogen-bond acceptors (Lipinski definition) is 5. The fourth-order valence-corrected chi connectivity index (χ4v) is 2.59. The van der Waals surface area contributed by atoms with Crippen molar-refractivity contribution in [3.8, 4) is 0 Å². The van der Waals surface area contributed by atoms with Gasteiger partial charge in [-0.3, -0.25) is 23.5 Å². The summed E-state index contributed by atoms with van der Waals surface area (Å²) in [5, 5.41) is 2.65. The number of primary amides is 1. The highest BCUT2D eigenvalue weighted by molar-refractivity contribution is 5.95. The van der Waals surface area contributed by atoms with Crippen LogP contribution in [-0.2, 0) is 25.4 Å². The van der Waals surface area contributed by atoms with Gasteiger partial charge in [0, 0.05) is 25.3 Å². The molecule has 0 saturated carbocycles. The van der Waals surface area contributed by atoms with Gasteiger partial charge in [-0.05, 0) is 24.3 Å². The lowest BCUT2D eigenvalue weighted by molar-refractivity contribution is -0.116. The first-order valence-corrected chi connectivity index (χ1v) is 7.60. The van der Waals surface area contributed by atoms with Crippen LogP contribution in [0.15, 0.2) is 40.2 Å². The molecule has 0 atom stereocenters. The van der Waals surface area contributed by atoms with Crippen molar-refractivity contribution >= 4 is 28.7 Å². The van der Waals surface area contributed by atoms with Gasteiger partial charge >= 0.3 is 5.69 Å². The maximum atomic E-state index is 12.3. The summed E-state index contributed by atoms with van der Waals surface area (Å²) < 4.78 is 3.58. The predicted molar refractivity (Wildman–Crippen MR) is 93.8 cm³/mol. The van der Waals surface area contributed by atoms with Crippen molar-refractivity contribution in [2.75, 3.05) is 5.32 Å². The molecule has 0 fully saturated rings. The third-order valence-corrected chi connectivity index (χ3v) is 3.98. The molecule has 0 unspecified atom stereocenters. The Labute approximate surface area is 146 Å². The van der Waals surface area contributed by atoms with Crippen LogP contribution in [0.1, 0.15) is 10.4 Å². The van der Waals surface area contributed by atoms with Crippen LogP contribution in [0.5, 0.6) is 0 Å². The van der Waals surface area contributed by atoms with Crippen molar-refractivity contribution in [1.29, 1.82) is 0 Å².